The van der Waals surface area contributed by atoms with Gasteiger partial charge in [-0.05, 0) is 28.5 Å². The first-order valence-corrected chi connectivity index (χ1v) is 6.83. The fourth-order valence-corrected chi connectivity index (χ4v) is 2.27. The summed E-state index contributed by atoms with van der Waals surface area (Å²) in [5.74, 6) is 0. The molecule has 0 saturated heterocycles. The van der Waals surface area contributed by atoms with Gasteiger partial charge in [-0.25, -0.2) is 4.79 Å². The summed E-state index contributed by atoms with van der Waals surface area (Å²) in [5, 5.41) is 19.1. The molecule has 5 nitrogen and oxygen atoms in total. The van der Waals surface area contributed by atoms with Crippen molar-refractivity contribution in [3.63, 3.8) is 0 Å². The van der Waals surface area contributed by atoms with Gasteiger partial charge in [-0.3, -0.25) is 4.57 Å². The smallest absolute Gasteiger partial charge is 0.444 e. The highest BCUT2D eigenvalue weighted by Crippen LogP contribution is 2.15. The third kappa shape index (κ3) is 2.88. The highest BCUT2D eigenvalue weighted by Gasteiger charge is 2.14. The second-order valence-electron chi connectivity index (χ2n) is 4.92. The maximum atomic E-state index is 12.2. The van der Waals surface area contributed by atoms with Crippen molar-refractivity contribution in [3.05, 3.63) is 66.4 Å². The number of hydrogen-bond donors (Lipinski definition) is 2. The molecule has 0 bridgehead atoms. The third-order valence-corrected chi connectivity index (χ3v) is 3.41. The average Bonchev–Trinajstić information content (AvgIpc) is 2.96. The number of fused-ring (bicyclic) bond motifs is 1. The van der Waals surface area contributed by atoms with Gasteiger partial charge in [0.15, 0.2) is 0 Å². The van der Waals surface area contributed by atoms with E-state index in [0.717, 1.165) is 10.9 Å². The highest BCUT2D eigenvalue weighted by molar-refractivity contribution is 6.58. The minimum atomic E-state index is -1.53. The zero-order chi connectivity index (χ0) is 15.5. The summed E-state index contributed by atoms with van der Waals surface area (Å²) < 4.78 is 6.68. The van der Waals surface area contributed by atoms with Crippen molar-refractivity contribution in [1.82, 2.24) is 4.57 Å². The van der Waals surface area contributed by atoms with Crippen LogP contribution >= 0.6 is 0 Å². The Labute approximate surface area is 127 Å². The van der Waals surface area contributed by atoms with E-state index in [1.807, 2.05) is 30.3 Å². The molecule has 0 amide bonds. The Bertz CT molecular complexity index is 798. The largest absolute Gasteiger partial charge is 0.488 e. The van der Waals surface area contributed by atoms with Gasteiger partial charge in [0, 0.05) is 6.20 Å². The quantitative estimate of drug-likeness (QED) is 0.718. The van der Waals surface area contributed by atoms with Crippen LogP contribution in [0, 0.1) is 0 Å². The van der Waals surface area contributed by atoms with E-state index in [1.165, 1.54) is 4.57 Å². The number of carbonyl (C=O) groups is 1. The molecule has 0 unspecified atom stereocenters. The molecular weight excluding hydrogens is 281 g/mol. The molecule has 0 aliphatic heterocycles. The summed E-state index contributed by atoms with van der Waals surface area (Å²) in [6.07, 6.45) is 1.13. The van der Waals surface area contributed by atoms with Gasteiger partial charge in [0.25, 0.3) is 0 Å². The molecule has 22 heavy (non-hydrogen) atoms. The second kappa shape index (κ2) is 6.05. The molecular formula is C16H14BNO4. The van der Waals surface area contributed by atoms with Crippen LogP contribution in [0.2, 0.25) is 0 Å². The van der Waals surface area contributed by atoms with Crippen LogP contribution in [0.5, 0.6) is 0 Å². The predicted octanol–water partition coefficient (Wildman–Crippen LogP) is 1.51. The van der Waals surface area contributed by atoms with Crippen molar-refractivity contribution >= 4 is 29.6 Å². The van der Waals surface area contributed by atoms with Gasteiger partial charge in [0.2, 0.25) is 0 Å². The van der Waals surface area contributed by atoms with Gasteiger partial charge in [0.1, 0.15) is 6.61 Å². The lowest BCUT2D eigenvalue weighted by molar-refractivity contribution is 0.142. The monoisotopic (exact) mass is 295 g/mol. The first-order valence-electron chi connectivity index (χ1n) is 6.83. The molecule has 6 heteroatoms. The molecule has 0 spiro atoms. The lowest BCUT2D eigenvalue weighted by Gasteiger charge is -2.07. The van der Waals surface area contributed by atoms with Gasteiger partial charge in [-0.1, -0.05) is 42.5 Å². The molecule has 1 heterocycles. The standard InChI is InChI=1S/C16H14BNO4/c19-16(22-11-12-4-2-1-3-5-12)18-9-8-13-10-14(17(20)21)6-7-15(13)18/h1-10,20-21H,11H2. The molecule has 0 radical (unpaired) electrons. The maximum absolute atomic E-state index is 12.2. The molecule has 2 N–H and O–H groups in total. The molecule has 2 aromatic carbocycles. The zero-order valence-electron chi connectivity index (χ0n) is 11.7. The number of nitrogens with zero attached hydrogens (tertiary/aromatic N) is 1. The van der Waals surface area contributed by atoms with E-state index in [9.17, 15) is 4.79 Å². The Morgan fingerprint density at radius 3 is 2.59 bits per heavy atom. The fraction of sp³-hybridized carbons (Fsp3) is 0.0625. The van der Waals surface area contributed by atoms with Crippen molar-refractivity contribution in [2.75, 3.05) is 0 Å². The lowest BCUT2D eigenvalue weighted by Crippen LogP contribution is -2.29. The molecule has 3 rings (SSSR count). The topological polar surface area (TPSA) is 71.7 Å². The Balaban J connectivity index is 1.79. The average molecular weight is 295 g/mol. The van der Waals surface area contributed by atoms with Gasteiger partial charge >= 0.3 is 13.2 Å². The molecule has 110 valence electrons. The van der Waals surface area contributed by atoms with Crippen LogP contribution in [-0.2, 0) is 11.3 Å². The Hall–Kier alpha value is -2.57. The van der Waals surface area contributed by atoms with E-state index in [2.05, 4.69) is 0 Å². The maximum Gasteiger partial charge on any atom is 0.488 e. The first-order chi connectivity index (χ1) is 10.6. The molecule has 0 aliphatic carbocycles. The number of carbonyl (C=O) groups excluding carboxylic acids is 1. The van der Waals surface area contributed by atoms with Crippen LogP contribution in [0.25, 0.3) is 10.9 Å². The Morgan fingerprint density at radius 1 is 1.09 bits per heavy atom. The van der Waals surface area contributed by atoms with Crippen molar-refractivity contribution in [3.8, 4) is 0 Å². The predicted molar refractivity (Wildman–Crippen MR) is 83.8 cm³/mol. The van der Waals surface area contributed by atoms with Gasteiger partial charge in [-0.15, -0.1) is 0 Å². The van der Waals surface area contributed by atoms with Crippen molar-refractivity contribution in [2.24, 2.45) is 0 Å². The van der Waals surface area contributed by atoms with E-state index in [0.29, 0.717) is 11.0 Å². The van der Waals surface area contributed by atoms with Crippen LogP contribution < -0.4 is 5.46 Å². The Morgan fingerprint density at radius 2 is 1.86 bits per heavy atom. The van der Waals surface area contributed by atoms with Crippen molar-refractivity contribution in [1.29, 1.82) is 0 Å². The van der Waals surface area contributed by atoms with E-state index in [4.69, 9.17) is 14.8 Å². The molecule has 0 saturated carbocycles. The molecule has 1 aromatic heterocycles. The molecule has 3 aromatic rings. The molecule has 0 atom stereocenters. The normalized spacial score (nSPS) is 10.6. The van der Waals surface area contributed by atoms with Gasteiger partial charge < -0.3 is 14.8 Å². The molecule has 0 aliphatic rings. The summed E-state index contributed by atoms with van der Waals surface area (Å²) in [4.78, 5) is 12.2. The fourth-order valence-electron chi connectivity index (χ4n) is 2.27. The number of aromatic nitrogens is 1. The SMILES string of the molecule is O=C(OCc1ccccc1)n1ccc2cc(B(O)O)ccc21. The summed E-state index contributed by atoms with van der Waals surface area (Å²) in [6.45, 7) is 0.201. The van der Waals surface area contributed by atoms with Crippen molar-refractivity contribution in [2.45, 2.75) is 6.61 Å². The minimum absolute atomic E-state index is 0.201. The van der Waals surface area contributed by atoms with Crippen LogP contribution in [0.15, 0.2) is 60.8 Å². The van der Waals surface area contributed by atoms with E-state index >= 15 is 0 Å². The summed E-state index contributed by atoms with van der Waals surface area (Å²) >= 11 is 0. The Kier molecular flexibility index (Phi) is 3.95. The summed E-state index contributed by atoms with van der Waals surface area (Å²) in [7, 11) is -1.53. The van der Waals surface area contributed by atoms with E-state index < -0.39 is 13.2 Å². The summed E-state index contributed by atoms with van der Waals surface area (Å²) in [6, 6.07) is 16.0. The van der Waals surface area contributed by atoms with Crippen LogP contribution in [0.1, 0.15) is 5.56 Å². The van der Waals surface area contributed by atoms with E-state index in [-0.39, 0.29) is 6.61 Å². The van der Waals surface area contributed by atoms with Crippen molar-refractivity contribution < 1.29 is 19.6 Å². The number of rotatable bonds is 3. The third-order valence-electron chi connectivity index (χ3n) is 3.41. The number of hydrogen-bond acceptors (Lipinski definition) is 4. The van der Waals surface area contributed by atoms with Gasteiger partial charge in [0.05, 0.1) is 5.52 Å². The van der Waals surface area contributed by atoms with E-state index in [1.54, 1.807) is 30.5 Å². The molecule has 0 fully saturated rings. The van der Waals surface area contributed by atoms with Gasteiger partial charge in [-0.2, -0.15) is 0 Å². The minimum Gasteiger partial charge on any atom is -0.444 e. The number of ether oxygens (including phenoxy) is 1. The highest BCUT2D eigenvalue weighted by atomic mass is 16.5. The zero-order valence-corrected chi connectivity index (χ0v) is 11.7. The van der Waals surface area contributed by atoms with Crippen LogP contribution in [0.4, 0.5) is 4.79 Å². The van der Waals surface area contributed by atoms with Crippen LogP contribution in [-0.4, -0.2) is 27.8 Å². The summed E-state index contributed by atoms with van der Waals surface area (Å²) in [5.41, 5.74) is 1.95. The first kappa shape index (κ1) is 14.4. The second-order valence-corrected chi connectivity index (χ2v) is 4.92. The lowest BCUT2D eigenvalue weighted by atomic mass is 9.80. The number of benzene rings is 2. The van der Waals surface area contributed by atoms with Crippen LogP contribution in [0.3, 0.4) is 0 Å².